The third kappa shape index (κ3) is 3.25. The fourth-order valence-electron chi connectivity index (χ4n) is 2.05. The van der Waals surface area contributed by atoms with E-state index in [4.69, 9.17) is 0 Å². The molecule has 0 saturated heterocycles. The van der Waals surface area contributed by atoms with E-state index in [2.05, 4.69) is 28.0 Å². The van der Waals surface area contributed by atoms with Gasteiger partial charge >= 0.3 is 0 Å². The van der Waals surface area contributed by atoms with E-state index in [1.807, 2.05) is 41.2 Å². The molecule has 0 unspecified atom stereocenters. The lowest BCUT2D eigenvalue weighted by molar-refractivity contribution is -0.115. The first kappa shape index (κ1) is 13.7. The van der Waals surface area contributed by atoms with Crippen LogP contribution in [0.3, 0.4) is 0 Å². The fourth-order valence-corrected chi connectivity index (χ4v) is 2.26. The number of nitrogens with one attached hydrogen (secondary N) is 1. The average Bonchev–Trinajstić information content (AvgIpc) is 3.05. The molecule has 3 aromatic rings. The van der Waals surface area contributed by atoms with Gasteiger partial charge in [0, 0.05) is 31.1 Å². The molecular weight excluding hydrogens is 286 g/mol. The van der Waals surface area contributed by atoms with E-state index in [0.29, 0.717) is 24.5 Å². The van der Waals surface area contributed by atoms with Crippen molar-refractivity contribution < 1.29 is 4.79 Å². The number of anilines is 1. The molecular formula is C14H15N5OS. The van der Waals surface area contributed by atoms with Crippen molar-refractivity contribution in [3.8, 4) is 0 Å². The van der Waals surface area contributed by atoms with E-state index in [1.165, 1.54) is 0 Å². The highest BCUT2D eigenvalue weighted by Gasteiger charge is 2.06. The van der Waals surface area contributed by atoms with E-state index >= 15 is 0 Å². The summed E-state index contributed by atoms with van der Waals surface area (Å²) < 4.78 is 3.71. The van der Waals surface area contributed by atoms with E-state index in [1.54, 1.807) is 10.7 Å². The molecule has 0 aromatic carbocycles. The summed E-state index contributed by atoms with van der Waals surface area (Å²) in [6, 6.07) is 7.64. The number of rotatable bonds is 5. The first-order valence-electron chi connectivity index (χ1n) is 6.61. The lowest BCUT2D eigenvalue weighted by atomic mass is 10.4. The summed E-state index contributed by atoms with van der Waals surface area (Å²) in [5, 5.41) is 7.04. The standard InChI is InChI=1S/C14H15N5OS/c20-14(5-8-21)16-12-4-7-19(17-12)10-11-9-18-6-2-1-3-13(18)15-11/h1-4,6-7,9,21H,5,8,10H2,(H,16,17,20). The molecule has 108 valence electrons. The zero-order chi connectivity index (χ0) is 14.7. The first-order chi connectivity index (χ1) is 10.2. The number of carbonyl (C=O) groups is 1. The Balaban J connectivity index is 1.70. The molecule has 0 aliphatic heterocycles. The molecule has 0 bridgehead atoms. The first-order valence-corrected chi connectivity index (χ1v) is 7.24. The summed E-state index contributed by atoms with van der Waals surface area (Å²) in [4.78, 5) is 16.0. The summed E-state index contributed by atoms with van der Waals surface area (Å²) in [5.74, 6) is 0.988. The van der Waals surface area contributed by atoms with Gasteiger partial charge < -0.3 is 9.72 Å². The van der Waals surface area contributed by atoms with Gasteiger partial charge in [0.2, 0.25) is 5.91 Å². The third-order valence-electron chi connectivity index (χ3n) is 2.98. The molecule has 0 fully saturated rings. The Morgan fingerprint density at radius 2 is 2.19 bits per heavy atom. The molecule has 7 heteroatoms. The number of fused-ring (bicyclic) bond motifs is 1. The summed E-state index contributed by atoms with van der Waals surface area (Å²) in [6.07, 6.45) is 6.12. The predicted octanol–water partition coefficient (Wildman–Crippen LogP) is 1.84. The number of pyridine rings is 1. The van der Waals surface area contributed by atoms with E-state index in [-0.39, 0.29) is 5.91 Å². The van der Waals surface area contributed by atoms with Crippen molar-refractivity contribution in [1.82, 2.24) is 19.2 Å². The maximum Gasteiger partial charge on any atom is 0.226 e. The molecule has 0 aliphatic rings. The minimum absolute atomic E-state index is 0.0806. The van der Waals surface area contributed by atoms with E-state index < -0.39 is 0 Å². The van der Waals surface area contributed by atoms with Crippen LogP contribution in [0.25, 0.3) is 5.65 Å². The second-order valence-electron chi connectivity index (χ2n) is 4.62. The Bertz CT molecular complexity index is 730. The average molecular weight is 301 g/mol. The van der Waals surface area contributed by atoms with Crippen molar-refractivity contribution in [2.45, 2.75) is 13.0 Å². The Morgan fingerprint density at radius 1 is 1.29 bits per heavy atom. The van der Waals surface area contributed by atoms with Crippen molar-refractivity contribution in [1.29, 1.82) is 0 Å². The number of carbonyl (C=O) groups excluding carboxylic acids is 1. The minimum Gasteiger partial charge on any atom is -0.309 e. The topological polar surface area (TPSA) is 64.2 Å². The van der Waals surface area contributed by atoms with Crippen molar-refractivity contribution in [3.63, 3.8) is 0 Å². The second-order valence-corrected chi connectivity index (χ2v) is 5.07. The van der Waals surface area contributed by atoms with Crippen molar-refractivity contribution in [2.75, 3.05) is 11.1 Å². The largest absolute Gasteiger partial charge is 0.309 e. The van der Waals surface area contributed by atoms with Gasteiger partial charge in [0.05, 0.1) is 12.2 Å². The normalized spacial score (nSPS) is 10.9. The van der Waals surface area contributed by atoms with Gasteiger partial charge in [0.15, 0.2) is 5.82 Å². The van der Waals surface area contributed by atoms with Gasteiger partial charge in [0.1, 0.15) is 5.65 Å². The fraction of sp³-hybridized carbons (Fsp3) is 0.214. The SMILES string of the molecule is O=C(CCS)Nc1ccn(Cc2cn3ccccc3n2)n1. The summed E-state index contributed by atoms with van der Waals surface area (Å²) in [5.41, 5.74) is 1.82. The van der Waals surface area contributed by atoms with Crippen molar-refractivity contribution in [3.05, 3.63) is 48.5 Å². The van der Waals surface area contributed by atoms with Crippen LogP contribution in [0.5, 0.6) is 0 Å². The monoisotopic (exact) mass is 301 g/mol. The Kier molecular flexibility index (Phi) is 3.92. The zero-order valence-electron chi connectivity index (χ0n) is 11.3. The Labute approximate surface area is 127 Å². The third-order valence-corrected chi connectivity index (χ3v) is 3.21. The highest BCUT2D eigenvalue weighted by atomic mass is 32.1. The van der Waals surface area contributed by atoms with Crippen LogP contribution in [0.1, 0.15) is 12.1 Å². The smallest absolute Gasteiger partial charge is 0.226 e. The van der Waals surface area contributed by atoms with Crippen molar-refractivity contribution >= 4 is 30.0 Å². The summed E-state index contributed by atoms with van der Waals surface area (Å²) in [6.45, 7) is 0.560. The highest BCUT2D eigenvalue weighted by Crippen LogP contribution is 2.08. The number of thiol groups is 1. The number of hydrogen-bond donors (Lipinski definition) is 2. The molecule has 0 aliphatic carbocycles. The molecule has 3 aromatic heterocycles. The van der Waals surface area contributed by atoms with Crippen LogP contribution in [0, 0.1) is 0 Å². The van der Waals surface area contributed by atoms with Gasteiger partial charge in [-0.1, -0.05) is 6.07 Å². The van der Waals surface area contributed by atoms with Crippen molar-refractivity contribution in [2.24, 2.45) is 0 Å². The van der Waals surface area contributed by atoms with Crippen LogP contribution >= 0.6 is 12.6 Å². The second kappa shape index (κ2) is 6.01. The number of imidazole rings is 1. The van der Waals surface area contributed by atoms with Gasteiger partial charge in [-0.15, -0.1) is 0 Å². The molecule has 0 spiro atoms. The van der Waals surface area contributed by atoms with Crippen LogP contribution in [-0.4, -0.2) is 30.8 Å². The van der Waals surface area contributed by atoms with Gasteiger partial charge in [-0.3, -0.25) is 9.48 Å². The lowest BCUT2D eigenvalue weighted by Gasteiger charge is -2.00. The molecule has 3 heterocycles. The van der Waals surface area contributed by atoms with E-state index in [9.17, 15) is 4.79 Å². The minimum atomic E-state index is -0.0806. The van der Waals surface area contributed by atoms with Gasteiger partial charge in [0.25, 0.3) is 0 Å². The summed E-state index contributed by atoms with van der Waals surface area (Å²) in [7, 11) is 0. The quantitative estimate of drug-likeness (QED) is 0.707. The van der Waals surface area contributed by atoms with Crippen LogP contribution < -0.4 is 5.32 Å². The molecule has 0 radical (unpaired) electrons. The Hall–Kier alpha value is -2.28. The molecule has 3 rings (SSSR count). The molecule has 0 saturated carbocycles. The number of hydrogen-bond acceptors (Lipinski definition) is 4. The highest BCUT2D eigenvalue weighted by molar-refractivity contribution is 7.80. The molecule has 1 N–H and O–H groups in total. The molecule has 1 amide bonds. The van der Waals surface area contributed by atoms with Gasteiger partial charge in [-0.25, -0.2) is 4.98 Å². The lowest BCUT2D eigenvalue weighted by Crippen LogP contribution is -2.12. The molecule has 21 heavy (non-hydrogen) atoms. The van der Waals surface area contributed by atoms with Gasteiger partial charge in [-0.2, -0.15) is 17.7 Å². The maximum absolute atomic E-state index is 11.5. The number of aromatic nitrogens is 4. The molecule has 0 atom stereocenters. The van der Waals surface area contributed by atoms with Crippen LogP contribution in [-0.2, 0) is 11.3 Å². The zero-order valence-corrected chi connectivity index (χ0v) is 12.2. The van der Waals surface area contributed by atoms with E-state index in [0.717, 1.165) is 11.3 Å². The molecule has 6 nitrogen and oxygen atoms in total. The summed E-state index contributed by atoms with van der Waals surface area (Å²) >= 11 is 4.02. The van der Waals surface area contributed by atoms with Crippen LogP contribution in [0.15, 0.2) is 42.9 Å². The van der Waals surface area contributed by atoms with Gasteiger partial charge in [-0.05, 0) is 17.9 Å². The van der Waals surface area contributed by atoms with Crippen LogP contribution in [0.2, 0.25) is 0 Å². The maximum atomic E-state index is 11.5. The number of amides is 1. The van der Waals surface area contributed by atoms with Crippen LogP contribution in [0.4, 0.5) is 5.82 Å². The number of nitrogens with zero attached hydrogens (tertiary/aromatic N) is 4. The Morgan fingerprint density at radius 3 is 3.00 bits per heavy atom. The predicted molar refractivity (Wildman–Crippen MR) is 83.6 cm³/mol.